The van der Waals surface area contributed by atoms with E-state index in [1.54, 1.807) is 18.2 Å². The molecule has 0 aliphatic heterocycles. The van der Waals surface area contributed by atoms with Crippen LogP contribution in [0.4, 0.5) is 17.2 Å². The van der Waals surface area contributed by atoms with E-state index in [9.17, 15) is 14.9 Å². The van der Waals surface area contributed by atoms with Crippen molar-refractivity contribution in [3.05, 3.63) is 75.1 Å². The van der Waals surface area contributed by atoms with Crippen molar-refractivity contribution in [2.45, 2.75) is 6.92 Å². The van der Waals surface area contributed by atoms with E-state index in [-0.39, 0.29) is 17.4 Å². The third-order valence-corrected chi connectivity index (χ3v) is 4.30. The minimum atomic E-state index is -0.643. The first-order chi connectivity index (χ1) is 13.9. The lowest BCUT2D eigenvalue weighted by atomic mass is 10.2. The fraction of sp³-hybridized carbons (Fsp3) is 0.105. The summed E-state index contributed by atoms with van der Waals surface area (Å²) in [4.78, 5) is 30.3. The molecule has 0 fully saturated rings. The van der Waals surface area contributed by atoms with Gasteiger partial charge >= 0.3 is 17.5 Å². The second-order valence-electron chi connectivity index (χ2n) is 5.84. The summed E-state index contributed by atoms with van der Waals surface area (Å²) in [6, 6.07) is 11.0. The maximum atomic E-state index is 11.6. The van der Waals surface area contributed by atoms with Gasteiger partial charge in [-0.15, -0.1) is 0 Å². The van der Waals surface area contributed by atoms with Crippen LogP contribution in [-0.4, -0.2) is 28.0 Å². The lowest BCUT2D eigenvalue weighted by molar-refractivity contribution is -0.385. The van der Waals surface area contributed by atoms with E-state index < -0.39 is 16.6 Å². The molecule has 3 rings (SSSR count). The quantitative estimate of drug-likeness (QED) is 0.351. The molecule has 0 aliphatic carbocycles. The Morgan fingerprint density at radius 3 is 2.52 bits per heavy atom. The lowest BCUT2D eigenvalue weighted by Gasteiger charge is -2.10. The van der Waals surface area contributed by atoms with E-state index in [4.69, 9.17) is 16.3 Å². The van der Waals surface area contributed by atoms with E-state index in [1.165, 1.54) is 31.4 Å². The van der Waals surface area contributed by atoms with Crippen LogP contribution in [0.15, 0.2) is 48.8 Å². The number of nitrogens with zero attached hydrogens (tertiary/aromatic N) is 3. The van der Waals surface area contributed by atoms with E-state index in [0.29, 0.717) is 16.3 Å². The van der Waals surface area contributed by atoms with E-state index in [0.717, 1.165) is 11.9 Å². The Hall–Kier alpha value is -3.72. The van der Waals surface area contributed by atoms with Crippen LogP contribution in [0.2, 0.25) is 5.02 Å². The molecule has 148 valence electrons. The molecule has 0 saturated carbocycles. The van der Waals surface area contributed by atoms with Gasteiger partial charge in [-0.3, -0.25) is 10.1 Å². The number of benzene rings is 2. The van der Waals surface area contributed by atoms with E-state index >= 15 is 0 Å². The molecule has 0 bridgehead atoms. The summed E-state index contributed by atoms with van der Waals surface area (Å²) in [6.45, 7) is 1.84. The number of anilines is 2. The van der Waals surface area contributed by atoms with Gasteiger partial charge in [0.05, 0.1) is 17.6 Å². The van der Waals surface area contributed by atoms with Crippen molar-refractivity contribution in [3.63, 3.8) is 0 Å². The summed E-state index contributed by atoms with van der Waals surface area (Å²) in [6.07, 6.45) is 1.14. The van der Waals surface area contributed by atoms with Gasteiger partial charge in [0.2, 0.25) is 5.82 Å². The lowest BCUT2D eigenvalue weighted by Crippen LogP contribution is -2.04. The minimum Gasteiger partial charge on any atom is -0.465 e. The van der Waals surface area contributed by atoms with Gasteiger partial charge in [-0.1, -0.05) is 17.7 Å². The molecule has 0 spiro atoms. The van der Waals surface area contributed by atoms with Crippen LogP contribution >= 0.6 is 11.6 Å². The zero-order valence-electron chi connectivity index (χ0n) is 15.4. The highest BCUT2D eigenvalue weighted by Crippen LogP contribution is 2.36. The first-order valence-electron chi connectivity index (χ1n) is 8.28. The normalized spacial score (nSPS) is 10.3. The number of nitro groups is 1. The molecule has 0 atom stereocenters. The van der Waals surface area contributed by atoms with Gasteiger partial charge < -0.3 is 14.8 Å². The average Bonchev–Trinajstić information content (AvgIpc) is 2.70. The van der Waals surface area contributed by atoms with Crippen molar-refractivity contribution < 1.29 is 19.2 Å². The highest BCUT2D eigenvalue weighted by atomic mass is 35.5. The Morgan fingerprint density at radius 2 is 1.90 bits per heavy atom. The Morgan fingerprint density at radius 1 is 1.17 bits per heavy atom. The number of ether oxygens (including phenoxy) is 2. The Labute approximate surface area is 170 Å². The first kappa shape index (κ1) is 20.0. The van der Waals surface area contributed by atoms with E-state index in [2.05, 4.69) is 20.0 Å². The number of esters is 1. The maximum Gasteiger partial charge on any atom is 0.373 e. The predicted octanol–water partition coefficient (Wildman–Crippen LogP) is 4.67. The summed E-state index contributed by atoms with van der Waals surface area (Å²) >= 11 is 6.10. The van der Waals surface area contributed by atoms with Crippen LogP contribution in [0.1, 0.15) is 15.9 Å². The van der Waals surface area contributed by atoms with Crippen molar-refractivity contribution in [1.82, 2.24) is 9.97 Å². The fourth-order valence-corrected chi connectivity index (χ4v) is 2.57. The van der Waals surface area contributed by atoms with Crippen LogP contribution in [0.25, 0.3) is 0 Å². The molecule has 2 aromatic carbocycles. The van der Waals surface area contributed by atoms with Gasteiger partial charge in [0.15, 0.2) is 0 Å². The summed E-state index contributed by atoms with van der Waals surface area (Å²) < 4.78 is 10.2. The highest BCUT2D eigenvalue weighted by molar-refractivity contribution is 6.31. The molecular formula is C19H15ClN4O5. The largest absolute Gasteiger partial charge is 0.465 e. The molecule has 29 heavy (non-hydrogen) atoms. The average molecular weight is 415 g/mol. The van der Waals surface area contributed by atoms with E-state index in [1.807, 2.05) is 6.92 Å². The number of methoxy groups -OCH3 is 1. The number of aromatic nitrogens is 2. The van der Waals surface area contributed by atoms with Crippen molar-refractivity contribution in [2.24, 2.45) is 0 Å². The number of halogens is 1. The number of hydrogen-bond acceptors (Lipinski definition) is 8. The smallest absolute Gasteiger partial charge is 0.373 e. The van der Waals surface area contributed by atoms with Crippen LogP contribution < -0.4 is 10.1 Å². The number of rotatable bonds is 6. The van der Waals surface area contributed by atoms with Crippen LogP contribution in [0.5, 0.6) is 11.6 Å². The Balaban J connectivity index is 1.91. The molecule has 0 amide bonds. The number of carbonyl (C=O) groups excluding carboxylic acids is 1. The molecule has 1 N–H and O–H groups in total. The molecule has 0 saturated heterocycles. The third kappa shape index (κ3) is 4.58. The molecule has 0 aliphatic rings. The summed E-state index contributed by atoms with van der Waals surface area (Å²) in [5.74, 6) is -0.556. The zero-order valence-corrected chi connectivity index (χ0v) is 16.1. The predicted molar refractivity (Wildman–Crippen MR) is 106 cm³/mol. The molecule has 0 radical (unpaired) electrons. The van der Waals surface area contributed by atoms with Gasteiger partial charge in [-0.05, 0) is 48.9 Å². The molecule has 9 nitrogen and oxygen atoms in total. The van der Waals surface area contributed by atoms with Crippen molar-refractivity contribution in [3.8, 4) is 11.6 Å². The minimum absolute atomic E-state index is 0.0499. The molecular weight excluding hydrogens is 400 g/mol. The Bertz CT molecular complexity index is 1070. The van der Waals surface area contributed by atoms with Gasteiger partial charge in [0, 0.05) is 10.7 Å². The summed E-state index contributed by atoms with van der Waals surface area (Å²) in [5.41, 5.74) is 1.27. The summed E-state index contributed by atoms with van der Waals surface area (Å²) in [5, 5.41) is 15.0. The van der Waals surface area contributed by atoms with Crippen LogP contribution in [-0.2, 0) is 4.74 Å². The second-order valence-corrected chi connectivity index (χ2v) is 6.25. The van der Waals surface area contributed by atoms with Crippen LogP contribution in [0, 0.1) is 17.0 Å². The molecule has 1 heterocycles. The first-order valence-corrected chi connectivity index (χ1v) is 8.65. The van der Waals surface area contributed by atoms with Gasteiger partial charge in [0.25, 0.3) is 0 Å². The highest BCUT2D eigenvalue weighted by Gasteiger charge is 2.25. The van der Waals surface area contributed by atoms with Crippen LogP contribution in [0.3, 0.4) is 0 Å². The molecule has 1 aromatic heterocycles. The fourth-order valence-electron chi connectivity index (χ4n) is 2.39. The van der Waals surface area contributed by atoms with Crippen molar-refractivity contribution >= 4 is 34.8 Å². The molecule has 3 aromatic rings. The monoisotopic (exact) mass is 414 g/mol. The number of aryl methyl sites for hydroxylation is 1. The number of carbonyl (C=O) groups is 1. The van der Waals surface area contributed by atoms with Gasteiger partial charge in [0.1, 0.15) is 12.1 Å². The second kappa shape index (κ2) is 8.53. The van der Waals surface area contributed by atoms with Crippen molar-refractivity contribution in [1.29, 1.82) is 0 Å². The zero-order chi connectivity index (χ0) is 21.0. The SMILES string of the molecule is COC(=O)c1ccc(Oc2ncnc(Nc3ccc(C)c(Cl)c3)c2[N+](=O)[O-])cc1. The Kier molecular flexibility index (Phi) is 5.89. The molecule has 10 heteroatoms. The number of nitrogens with one attached hydrogen (secondary N) is 1. The number of hydrogen-bond donors (Lipinski definition) is 1. The topological polar surface area (TPSA) is 116 Å². The summed E-state index contributed by atoms with van der Waals surface area (Å²) in [7, 11) is 1.27. The third-order valence-electron chi connectivity index (χ3n) is 3.90. The van der Waals surface area contributed by atoms with Crippen molar-refractivity contribution in [2.75, 3.05) is 12.4 Å². The standard InChI is InChI=1S/C19H15ClN4O5/c1-11-3-6-13(9-15(11)20)23-17-16(24(26)27)18(22-10-21-17)29-14-7-4-12(5-8-14)19(25)28-2/h3-10H,1-2H3,(H,21,22,23). The van der Waals surface area contributed by atoms with Gasteiger partial charge in [-0.2, -0.15) is 4.98 Å². The van der Waals surface area contributed by atoms with Gasteiger partial charge in [-0.25, -0.2) is 9.78 Å². The molecule has 0 unspecified atom stereocenters. The maximum absolute atomic E-state index is 11.6.